The second kappa shape index (κ2) is 9.07. The van der Waals surface area contributed by atoms with Gasteiger partial charge >= 0.3 is 5.97 Å². The van der Waals surface area contributed by atoms with E-state index in [0.29, 0.717) is 23.8 Å². The number of nitrogens with one attached hydrogen (secondary N) is 1. The maximum atomic E-state index is 12.1. The van der Waals surface area contributed by atoms with E-state index < -0.39 is 24.0 Å². The Morgan fingerprint density at radius 1 is 1.28 bits per heavy atom. The highest BCUT2D eigenvalue weighted by atomic mass is 16.5. The topological polar surface area (TPSA) is 88.4 Å². The second-order valence-electron chi connectivity index (χ2n) is 6.83. The van der Waals surface area contributed by atoms with Crippen LogP contribution in [-0.2, 0) is 9.53 Å². The lowest BCUT2D eigenvalue weighted by molar-refractivity contribution is -0.125. The van der Waals surface area contributed by atoms with Crippen LogP contribution in [0.1, 0.15) is 45.0 Å². The van der Waals surface area contributed by atoms with Crippen LogP contribution in [0.25, 0.3) is 0 Å². The third-order valence-electron chi connectivity index (χ3n) is 3.77. The maximum absolute atomic E-state index is 12.1. The van der Waals surface area contributed by atoms with E-state index in [2.05, 4.69) is 11.4 Å². The Labute approximate surface area is 149 Å². The largest absolute Gasteiger partial charge is 0.493 e. The fraction of sp³-hybridized carbons (Fsp3) is 0.526. The Balaban J connectivity index is 2.61. The number of nitriles is 1. The average molecular weight is 346 g/mol. The second-order valence-corrected chi connectivity index (χ2v) is 6.83. The van der Waals surface area contributed by atoms with Gasteiger partial charge in [-0.25, -0.2) is 4.79 Å². The van der Waals surface area contributed by atoms with E-state index in [1.807, 2.05) is 27.7 Å². The number of carbonyl (C=O) groups is 2. The molecule has 0 aliphatic heterocycles. The molecule has 0 unspecified atom stereocenters. The summed E-state index contributed by atoms with van der Waals surface area (Å²) >= 11 is 0. The number of benzene rings is 1. The smallest absolute Gasteiger partial charge is 0.338 e. The minimum absolute atomic E-state index is 0.0769. The molecule has 1 atom stereocenters. The number of nitrogens with zero attached hydrogens (tertiary/aromatic N) is 1. The fourth-order valence-electron chi connectivity index (χ4n) is 1.82. The molecule has 136 valence electrons. The Hall–Kier alpha value is -2.55. The molecule has 0 saturated carbocycles. The van der Waals surface area contributed by atoms with Crippen LogP contribution in [0.15, 0.2) is 24.3 Å². The van der Waals surface area contributed by atoms with E-state index in [1.54, 1.807) is 31.2 Å². The first-order valence-corrected chi connectivity index (χ1v) is 8.30. The number of hydrogen-bond acceptors (Lipinski definition) is 5. The summed E-state index contributed by atoms with van der Waals surface area (Å²) in [6.45, 7) is 9.46. The summed E-state index contributed by atoms with van der Waals surface area (Å²) in [4.78, 5) is 24.0. The summed E-state index contributed by atoms with van der Waals surface area (Å²) in [7, 11) is 0. The number of esters is 1. The molecular weight excluding hydrogens is 320 g/mol. The van der Waals surface area contributed by atoms with Crippen LogP contribution < -0.4 is 10.1 Å². The molecule has 1 aromatic carbocycles. The van der Waals surface area contributed by atoms with Gasteiger partial charge in [-0.1, -0.05) is 33.8 Å². The lowest BCUT2D eigenvalue weighted by Gasteiger charge is -2.27. The number of ether oxygens (including phenoxy) is 2. The van der Waals surface area contributed by atoms with Gasteiger partial charge in [-0.15, -0.1) is 0 Å². The van der Waals surface area contributed by atoms with Crippen molar-refractivity contribution < 1.29 is 19.1 Å². The standard InChI is InChI=1S/C19H26N2O4/c1-13(2)10-24-16-8-6-7-15(9-16)18(23)25-11-17(22)21-19(5,12-20)14(3)4/h6-9,13-14H,10-11H2,1-5H3,(H,21,22)/t19-/m0/s1. The van der Waals surface area contributed by atoms with E-state index >= 15 is 0 Å². The van der Waals surface area contributed by atoms with Crippen molar-refractivity contribution in [3.05, 3.63) is 29.8 Å². The van der Waals surface area contributed by atoms with E-state index in [-0.39, 0.29) is 5.92 Å². The van der Waals surface area contributed by atoms with Crippen LogP contribution in [0.3, 0.4) is 0 Å². The van der Waals surface area contributed by atoms with E-state index in [0.717, 1.165) is 0 Å². The monoisotopic (exact) mass is 346 g/mol. The first-order chi connectivity index (χ1) is 11.7. The first kappa shape index (κ1) is 20.5. The van der Waals surface area contributed by atoms with Crippen LogP contribution in [0.4, 0.5) is 0 Å². The molecule has 0 spiro atoms. The van der Waals surface area contributed by atoms with Gasteiger partial charge in [-0.05, 0) is 37.0 Å². The quantitative estimate of drug-likeness (QED) is 0.731. The van der Waals surface area contributed by atoms with Crippen molar-refractivity contribution in [2.24, 2.45) is 11.8 Å². The zero-order valence-corrected chi connectivity index (χ0v) is 15.5. The van der Waals surface area contributed by atoms with E-state index in [9.17, 15) is 14.9 Å². The molecule has 0 aromatic heterocycles. The molecule has 0 radical (unpaired) electrons. The first-order valence-electron chi connectivity index (χ1n) is 8.30. The molecule has 1 aromatic rings. The Morgan fingerprint density at radius 3 is 2.52 bits per heavy atom. The van der Waals surface area contributed by atoms with Gasteiger partial charge in [0.2, 0.25) is 0 Å². The Bertz CT molecular complexity index is 649. The SMILES string of the molecule is CC(C)COc1cccc(C(=O)OCC(=O)N[C@@](C)(C#N)C(C)C)c1. The van der Waals surface area contributed by atoms with Gasteiger partial charge in [0, 0.05) is 0 Å². The molecule has 1 N–H and O–H groups in total. The van der Waals surface area contributed by atoms with E-state index in [1.165, 1.54) is 0 Å². The molecule has 0 aliphatic rings. The van der Waals surface area contributed by atoms with Crippen LogP contribution >= 0.6 is 0 Å². The van der Waals surface area contributed by atoms with Crippen LogP contribution in [0.2, 0.25) is 0 Å². The zero-order chi connectivity index (χ0) is 19.0. The molecule has 1 amide bonds. The summed E-state index contributed by atoms with van der Waals surface area (Å²) in [5, 5.41) is 11.8. The zero-order valence-electron chi connectivity index (χ0n) is 15.5. The summed E-state index contributed by atoms with van der Waals surface area (Å²) in [5.74, 6) is -0.266. The van der Waals surface area contributed by atoms with Gasteiger partial charge < -0.3 is 14.8 Å². The molecule has 1 rings (SSSR count). The minimum Gasteiger partial charge on any atom is -0.493 e. The van der Waals surface area contributed by atoms with Crippen molar-refractivity contribution >= 4 is 11.9 Å². The maximum Gasteiger partial charge on any atom is 0.338 e. The molecule has 0 saturated heterocycles. The van der Waals surface area contributed by atoms with Crippen LogP contribution in [-0.4, -0.2) is 30.6 Å². The minimum atomic E-state index is -1.01. The molecular formula is C19H26N2O4. The molecule has 0 fully saturated rings. The van der Waals surface area contributed by atoms with Gasteiger partial charge in [-0.2, -0.15) is 5.26 Å². The predicted molar refractivity (Wildman–Crippen MR) is 94.1 cm³/mol. The van der Waals surface area contributed by atoms with Gasteiger partial charge in [0.15, 0.2) is 6.61 Å². The van der Waals surface area contributed by atoms with Crippen molar-refractivity contribution in [1.82, 2.24) is 5.32 Å². The fourth-order valence-corrected chi connectivity index (χ4v) is 1.82. The number of hydrogen-bond donors (Lipinski definition) is 1. The highest BCUT2D eigenvalue weighted by Gasteiger charge is 2.30. The molecule has 0 aliphatic carbocycles. The predicted octanol–water partition coefficient (Wildman–Crippen LogP) is 2.93. The summed E-state index contributed by atoms with van der Waals surface area (Å²) < 4.78 is 10.6. The molecule has 6 nitrogen and oxygen atoms in total. The van der Waals surface area contributed by atoms with Crippen molar-refractivity contribution in [1.29, 1.82) is 5.26 Å². The normalized spacial score (nSPS) is 13.0. The van der Waals surface area contributed by atoms with Gasteiger partial charge in [0.25, 0.3) is 5.91 Å². The number of rotatable bonds is 8. The van der Waals surface area contributed by atoms with Crippen molar-refractivity contribution in [2.75, 3.05) is 13.2 Å². The van der Waals surface area contributed by atoms with Gasteiger partial charge in [0.05, 0.1) is 18.2 Å². The molecule has 25 heavy (non-hydrogen) atoms. The molecule has 0 bridgehead atoms. The summed E-state index contributed by atoms with van der Waals surface area (Å²) in [5.41, 5.74) is -0.699. The summed E-state index contributed by atoms with van der Waals surface area (Å²) in [6.07, 6.45) is 0. The summed E-state index contributed by atoms with van der Waals surface area (Å²) in [6, 6.07) is 8.69. The highest BCUT2D eigenvalue weighted by Crippen LogP contribution is 2.16. The lowest BCUT2D eigenvalue weighted by Crippen LogP contribution is -2.50. The van der Waals surface area contributed by atoms with Gasteiger partial charge in [0.1, 0.15) is 11.3 Å². The third-order valence-corrected chi connectivity index (χ3v) is 3.77. The average Bonchev–Trinajstić information content (AvgIpc) is 2.57. The van der Waals surface area contributed by atoms with Crippen LogP contribution in [0, 0.1) is 23.2 Å². The van der Waals surface area contributed by atoms with Crippen molar-refractivity contribution in [3.8, 4) is 11.8 Å². The number of amides is 1. The van der Waals surface area contributed by atoms with Gasteiger partial charge in [-0.3, -0.25) is 4.79 Å². The Kier molecular flexibility index (Phi) is 7.43. The molecule has 0 heterocycles. The van der Waals surface area contributed by atoms with E-state index in [4.69, 9.17) is 9.47 Å². The van der Waals surface area contributed by atoms with Crippen LogP contribution in [0.5, 0.6) is 5.75 Å². The molecule has 6 heteroatoms. The third kappa shape index (κ3) is 6.46. The highest BCUT2D eigenvalue weighted by molar-refractivity contribution is 5.91. The number of carbonyl (C=O) groups excluding carboxylic acids is 2. The van der Waals surface area contributed by atoms with Crippen molar-refractivity contribution in [3.63, 3.8) is 0 Å². The van der Waals surface area contributed by atoms with Crippen molar-refractivity contribution in [2.45, 2.75) is 40.2 Å². The Morgan fingerprint density at radius 2 is 1.96 bits per heavy atom. The lowest BCUT2D eigenvalue weighted by atomic mass is 9.90.